The van der Waals surface area contributed by atoms with E-state index in [9.17, 15) is 15.8 Å². The minimum atomic E-state index is 0.463. The standard InChI is InChI=1S/C50H30N8/c1-30-54-31(2)56-50(55-30)38-25-48(57-44-15-5-3-13-39(44)41-19-17-36(23-46(41)57)34-11-7-9-32(21-34)27-51)43(29-53)49(26-38)58-45-16-6-4-14-40(45)42-20-18-37(24-47(42)58)35-12-8-10-33(22-35)28-52/h3-26H,1-2H3. The van der Waals surface area contributed by atoms with Crippen LogP contribution >= 0.6 is 0 Å². The molecule has 0 N–H and O–H groups in total. The number of nitrogens with zero attached hydrogens (tertiary/aromatic N) is 8. The van der Waals surface area contributed by atoms with Gasteiger partial charge >= 0.3 is 0 Å². The monoisotopic (exact) mass is 742 g/mol. The van der Waals surface area contributed by atoms with Crippen molar-refractivity contribution in [2.75, 3.05) is 0 Å². The first kappa shape index (κ1) is 34.1. The van der Waals surface area contributed by atoms with Crippen molar-refractivity contribution in [3.05, 3.63) is 174 Å². The van der Waals surface area contributed by atoms with Crippen molar-refractivity contribution in [1.29, 1.82) is 15.8 Å². The summed E-state index contributed by atoms with van der Waals surface area (Å²) in [7, 11) is 0. The fourth-order valence-electron chi connectivity index (χ4n) is 8.31. The van der Waals surface area contributed by atoms with E-state index in [1.165, 1.54) is 0 Å². The van der Waals surface area contributed by atoms with Crippen molar-refractivity contribution in [3.8, 4) is 63.2 Å². The van der Waals surface area contributed by atoms with E-state index < -0.39 is 0 Å². The molecule has 0 fully saturated rings. The highest BCUT2D eigenvalue weighted by Gasteiger charge is 2.24. The minimum absolute atomic E-state index is 0.463. The number of benzene rings is 7. The van der Waals surface area contributed by atoms with E-state index >= 15 is 0 Å². The molecular weight excluding hydrogens is 713 g/mol. The zero-order valence-electron chi connectivity index (χ0n) is 31.4. The molecule has 0 amide bonds. The summed E-state index contributed by atoms with van der Waals surface area (Å²) in [5, 5.41) is 35.0. The third kappa shape index (κ3) is 5.46. The van der Waals surface area contributed by atoms with Gasteiger partial charge < -0.3 is 9.13 Å². The Morgan fingerprint density at radius 1 is 0.397 bits per heavy atom. The molecule has 0 saturated carbocycles. The fourth-order valence-corrected chi connectivity index (χ4v) is 8.31. The van der Waals surface area contributed by atoms with E-state index in [2.05, 4.69) is 93.0 Å². The van der Waals surface area contributed by atoms with Gasteiger partial charge in [-0.1, -0.05) is 84.9 Å². The summed E-state index contributed by atoms with van der Waals surface area (Å²) < 4.78 is 4.34. The maximum atomic E-state index is 11.4. The number of hydrogen-bond donors (Lipinski definition) is 0. The molecule has 0 aliphatic rings. The first-order valence-corrected chi connectivity index (χ1v) is 18.8. The number of para-hydroxylation sites is 2. The third-order valence-corrected chi connectivity index (χ3v) is 10.8. The Balaban J connectivity index is 1.34. The molecule has 0 saturated heterocycles. The molecule has 270 valence electrons. The van der Waals surface area contributed by atoms with E-state index in [0.29, 0.717) is 45.5 Å². The van der Waals surface area contributed by atoms with Gasteiger partial charge in [0, 0.05) is 27.1 Å². The van der Waals surface area contributed by atoms with Gasteiger partial charge in [-0.3, -0.25) is 0 Å². The van der Waals surface area contributed by atoms with Gasteiger partial charge in [-0.2, -0.15) is 15.8 Å². The summed E-state index contributed by atoms with van der Waals surface area (Å²) in [6.07, 6.45) is 0. The summed E-state index contributed by atoms with van der Waals surface area (Å²) in [4.78, 5) is 14.1. The van der Waals surface area contributed by atoms with Crippen molar-refractivity contribution >= 4 is 43.6 Å². The number of aryl methyl sites for hydroxylation is 2. The van der Waals surface area contributed by atoms with E-state index in [1.54, 1.807) is 12.1 Å². The van der Waals surface area contributed by atoms with Gasteiger partial charge in [-0.25, -0.2) is 15.0 Å². The van der Waals surface area contributed by atoms with E-state index in [-0.39, 0.29) is 0 Å². The van der Waals surface area contributed by atoms with Gasteiger partial charge in [0.1, 0.15) is 23.3 Å². The molecule has 8 nitrogen and oxygen atoms in total. The van der Waals surface area contributed by atoms with Crippen LogP contribution in [-0.2, 0) is 0 Å². The Hall–Kier alpha value is -8.38. The molecular formula is C50H30N8. The zero-order valence-corrected chi connectivity index (χ0v) is 31.4. The Kier molecular flexibility index (Phi) is 7.90. The summed E-state index contributed by atoms with van der Waals surface area (Å²) in [6.45, 7) is 3.71. The number of fused-ring (bicyclic) bond motifs is 6. The highest BCUT2D eigenvalue weighted by Crippen LogP contribution is 2.41. The second-order valence-electron chi connectivity index (χ2n) is 14.3. The Morgan fingerprint density at radius 3 is 1.31 bits per heavy atom. The Labute approximate surface area is 333 Å². The molecule has 3 heterocycles. The number of nitriles is 3. The molecule has 0 aliphatic carbocycles. The normalized spacial score (nSPS) is 11.2. The van der Waals surface area contributed by atoms with Crippen LogP contribution in [0, 0.1) is 47.8 Å². The van der Waals surface area contributed by atoms with Crippen molar-refractivity contribution < 1.29 is 0 Å². The van der Waals surface area contributed by atoms with Crippen LogP contribution in [0.2, 0.25) is 0 Å². The maximum Gasteiger partial charge on any atom is 0.163 e. The fraction of sp³-hybridized carbons (Fsp3) is 0.0400. The Bertz CT molecular complexity index is 3260. The zero-order chi connectivity index (χ0) is 39.5. The van der Waals surface area contributed by atoms with Gasteiger partial charge in [0.25, 0.3) is 0 Å². The largest absolute Gasteiger partial charge is 0.308 e. The lowest BCUT2D eigenvalue weighted by atomic mass is 10.0. The predicted octanol–water partition coefficient (Wildman–Crippen LogP) is 11.3. The minimum Gasteiger partial charge on any atom is -0.308 e. The van der Waals surface area contributed by atoms with E-state index in [4.69, 9.17) is 9.97 Å². The predicted molar refractivity (Wildman–Crippen MR) is 228 cm³/mol. The molecule has 10 aromatic rings. The third-order valence-electron chi connectivity index (χ3n) is 10.8. The summed E-state index contributed by atoms with van der Waals surface area (Å²) >= 11 is 0. The lowest BCUT2D eigenvalue weighted by molar-refractivity contribution is 0.927. The van der Waals surface area contributed by atoms with E-state index in [1.807, 2.05) is 86.6 Å². The first-order valence-electron chi connectivity index (χ1n) is 18.8. The molecule has 0 atom stereocenters. The molecule has 0 aliphatic heterocycles. The number of aromatic nitrogens is 5. The van der Waals surface area contributed by atoms with Crippen LogP contribution in [0.4, 0.5) is 0 Å². The lowest BCUT2D eigenvalue weighted by Gasteiger charge is -2.18. The second-order valence-corrected chi connectivity index (χ2v) is 14.3. The van der Waals surface area contributed by atoms with Crippen molar-refractivity contribution in [2.24, 2.45) is 0 Å². The number of rotatable bonds is 5. The maximum absolute atomic E-state index is 11.4. The molecule has 0 unspecified atom stereocenters. The SMILES string of the molecule is Cc1nc(C)nc(-c2cc(-n3c4ccccc4c4ccc(-c5cccc(C#N)c5)cc43)c(C#N)c(-n3c4ccccc4c4ccc(-c5cccc(C#N)c5)cc43)c2)n1. The summed E-state index contributed by atoms with van der Waals surface area (Å²) in [6, 6.07) is 55.6. The number of hydrogen-bond acceptors (Lipinski definition) is 6. The molecule has 8 heteroatoms. The van der Waals surface area contributed by atoms with Gasteiger partial charge in [0.2, 0.25) is 0 Å². The van der Waals surface area contributed by atoms with Crippen LogP contribution in [0.25, 0.3) is 88.6 Å². The molecule has 0 bridgehead atoms. The van der Waals surface area contributed by atoms with Crippen molar-refractivity contribution in [2.45, 2.75) is 13.8 Å². The quantitative estimate of drug-likeness (QED) is 0.173. The average Bonchev–Trinajstić information content (AvgIpc) is 3.77. The first-order chi connectivity index (χ1) is 28.4. The summed E-state index contributed by atoms with van der Waals surface area (Å²) in [5.74, 6) is 1.69. The Morgan fingerprint density at radius 2 is 0.845 bits per heavy atom. The smallest absolute Gasteiger partial charge is 0.163 e. The molecule has 0 radical (unpaired) electrons. The van der Waals surface area contributed by atoms with Gasteiger partial charge in [0.15, 0.2) is 5.82 Å². The summed E-state index contributed by atoms with van der Waals surface area (Å²) in [5.41, 5.74) is 11.1. The molecule has 7 aromatic carbocycles. The highest BCUT2D eigenvalue weighted by molar-refractivity contribution is 6.12. The second kappa shape index (κ2) is 13.4. The van der Waals surface area contributed by atoms with E-state index in [0.717, 1.165) is 71.4 Å². The van der Waals surface area contributed by atoms with Crippen molar-refractivity contribution in [3.63, 3.8) is 0 Å². The van der Waals surface area contributed by atoms with Gasteiger partial charge in [-0.15, -0.1) is 0 Å². The van der Waals surface area contributed by atoms with Crippen molar-refractivity contribution in [1.82, 2.24) is 24.1 Å². The molecule has 10 rings (SSSR count). The van der Waals surface area contributed by atoms with Crippen LogP contribution in [0.15, 0.2) is 146 Å². The average molecular weight is 743 g/mol. The van der Waals surface area contributed by atoms with Gasteiger partial charge in [0.05, 0.1) is 56.7 Å². The van der Waals surface area contributed by atoms with Crippen LogP contribution in [0.5, 0.6) is 0 Å². The van der Waals surface area contributed by atoms with Crippen LogP contribution in [-0.4, -0.2) is 24.1 Å². The topological polar surface area (TPSA) is 120 Å². The van der Waals surface area contributed by atoms with Crippen LogP contribution in [0.3, 0.4) is 0 Å². The highest BCUT2D eigenvalue weighted by atomic mass is 15.0. The molecule has 0 spiro atoms. The molecule has 58 heavy (non-hydrogen) atoms. The molecule has 3 aromatic heterocycles. The van der Waals surface area contributed by atoms with Crippen LogP contribution < -0.4 is 0 Å². The van der Waals surface area contributed by atoms with Gasteiger partial charge in [-0.05, 0) is 96.8 Å². The lowest BCUT2D eigenvalue weighted by Crippen LogP contribution is -2.07. The van der Waals surface area contributed by atoms with Crippen LogP contribution in [0.1, 0.15) is 28.3 Å².